The van der Waals surface area contributed by atoms with Crippen molar-refractivity contribution in [3.05, 3.63) is 0 Å². The fourth-order valence-corrected chi connectivity index (χ4v) is 0.940. The Morgan fingerprint density at radius 3 is 2.44 bits per heavy atom. The van der Waals surface area contributed by atoms with Crippen molar-refractivity contribution in [2.45, 2.75) is 19.4 Å². The van der Waals surface area contributed by atoms with E-state index in [1.54, 1.807) is 0 Å². The summed E-state index contributed by atoms with van der Waals surface area (Å²) in [5, 5.41) is 13.5. The van der Waals surface area contributed by atoms with E-state index in [0.717, 1.165) is 7.11 Å². The topological polar surface area (TPSA) is 105 Å². The van der Waals surface area contributed by atoms with E-state index in [4.69, 9.17) is 5.11 Å². The SMILES string of the molecule is COC(=O)C(CO)NC(=O)CCNC(C)=O. The lowest BCUT2D eigenvalue weighted by Gasteiger charge is -2.13. The van der Waals surface area contributed by atoms with Crippen LogP contribution < -0.4 is 10.6 Å². The molecular weight excluding hydrogens is 216 g/mol. The highest BCUT2D eigenvalue weighted by Crippen LogP contribution is 1.88. The van der Waals surface area contributed by atoms with Crippen molar-refractivity contribution in [2.75, 3.05) is 20.3 Å². The van der Waals surface area contributed by atoms with Gasteiger partial charge in [0, 0.05) is 19.9 Å². The summed E-state index contributed by atoms with van der Waals surface area (Å²) in [5.41, 5.74) is 0. The van der Waals surface area contributed by atoms with Crippen LogP contribution in [0.15, 0.2) is 0 Å². The second-order valence-electron chi connectivity index (χ2n) is 3.06. The van der Waals surface area contributed by atoms with Crippen molar-refractivity contribution >= 4 is 17.8 Å². The second-order valence-corrected chi connectivity index (χ2v) is 3.06. The quantitative estimate of drug-likeness (QED) is 0.467. The Kier molecular flexibility index (Phi) is 6.86. The predicted octanol–water partition coefficient (Wildman–Crippen LogP) is -1.84. The van der Waals surface area contributed by atoms with E-state index in [0.29, 0.717) is 0 Å². The lowest BCUT2D eigenvalue weighted by molar-refractivity contribution is -0.146. The first-order chi connectivity index (χ1) is 7.51. The van der Waals surface area contributed by atoms with Gasteiger partial charge >= 0.3 is 5.97 Å². The van der Waals surface area contributed by atoms with Gasteiger partial charge in [0.2, 0.25) is 11.8 Å². The molecule has 0 saturated heterocycles. The lowest BCUT2D eigenvalue weighted by Crippen LogP contribution is -2.44. The molecule has 0 saturated carbocycles. The molecule has 7 heteroatoms. The Balaban J connectivity index is 3.92. The van der Waals surface area contributed by atoms with E-state index >= 15 is 0 Å². The Bertz CT molecular complexity index is 267. The summed E-state index contributed by atoms with van der Waals surface area (Å²) in [5.74, 6) is -1.40. The van der Waals surface area contributed by atoms with Gasteiger partial charge < -0.3 is 20.5 Å². The van der Waals surface area contributed by atoms with Gasteiger partial charge in [-0.3, -0.25) is 9.59 Å². The molecule has 1 atom stereocenters. The molecule has 0 spiro atoms. The molecule has 0 radical (unpaired) electrons. The standard InChI is InChI=1S/C9H16N2O5/c1-6(13)10-4-3-8(14)11-7(5-12)9(15)16-2/h7,12H,3-5H2,1-2H3,(H,10,13)(H,11,14). The van der Waals surface area contributed by atoms with Gasteiger partial charge in [0.25, 0.3) is 0 Å². The summed E-state index contributed by atoms with van der Waals surface area (Å²) in [6.45, 7) is 0.988. The third-order valence-electron chi connectivity index (χ3n) is 1.73. The van der Waals surface area contributed by atoms with Gasteiger partial charge in [-0.25, -0.2) is 4.79 Å². The predicted molar refractivity (Wildman–Crippen MR) is 54.3 cm³/mol. The first-order valence-corrected chi connectivity index (χ1v) is 4.73. The molecule has 0 aliphatic heterocycles. The fourth-order valence-electron chi connectivity index (χ4n) is 0.940. The number of rotatable bonds is 6. The normalized spacial score (nSPS) is 11.4. The van der Waals surface area contributed by atoms with Gasteiger partial charge in [0.05, 0.1) is 13.7 Å². The van der Waals surface area contributed by atoms with Crippen molar-refractivity contribution in [2.24, 2.45) is 0 Å². The largest absolute Gasteiger partial charge is 0.467 e. The molecule has 0 aromatic rings. The molecule has 0 aliphatic carbocycles. The highest BCUT2D eigenvalue weighted by molar-refractivity contribution is 5.84. The molecule has 0 bridgehead atoms. The number of methoxy groups -OCH3 is 1. The molecule has 0 aliphatic rings. The molecule has 92 valence electrons. The maximum Gasteiger partial charge on any atom is 0.330 e. The van der Waals surface area contributed by atoms with Crippen LogP contribution in [0.4, 0.5) is 0 Å². The smallest absolute Gasteiger partial charge is 0.330 e. The Labute approximate surface area is 93.2 Å². The van der Waals surface area contributed by atoms with E-state index in [1.807, 2.05) is 0 Å². The first kappa shape index (κ1) is 14.4. The zero-order valence-corrected chi connectivity index (χ0v) is 9.28. The molecule has 2 amide bonds. The summed E-state index contributed by atoms with van der Waals surface area (Å²) in [6.07, 6.45) is 0.0348. The summed E-state index contributed by atoms with van der Waals surface area (Å²) in [7, 11) is 1.16. The molecule has 0 rings (SSSR count). The van der Waals surface area contributed by atoms with Crippen LogP contribution in [0, 0.1) is 0 Å². The van der Waals surface area contributed by atoms with Crippen LogP contribution in [-0.2, 0) is 19.1 Å². The Morgan fingerprint density at radius 1 is 1.38 bits per heavy atom. The van der Waals surface area contributed by atoms with E-state index in [1.165, 1.54) is 6.92 Å². The van der Waals surface area contributed by atoms with Gasteiger partial charge in [-0.15, -0.1) is 0 Å². The number of hydrogen-bond acceptors (Lipinski definition) is 5. The van der Waals surface area contributed by atoms with Crippen LogP contribution in [0.1, 0.15) is 13.3 Å². The van der Waals surface area contributed by atoms with Crippen LogP contribution >= 0.6 is 0 Å². The molecule has 16 heavy (non-hydrogen) atoms. The van der Waals surface area contributed by atoms with Crippen molar-refractivity contribution in [1.82, 2.24) is 10.6 Å². The second kappa shape index (κ2) is 7.63. The number of nitrogens with one attached hydrogen (secondary N) is 2. The zero-order valence-electron chi connectivity index (χ0n) is 9.28. The van der Waals surface area contributed by atoms with Crippen LogP contribution in [0.5, 0.6) is 0 Å². The van der Waals surface area contributed by atoms with Crippen molar-refractivity contribution in [3.63, 3.8) is 0 Å². The van der Waals surface area contributed by atoms with Crippen LogP contribution in [0.2, 0.25) is 0 Å². The zero-order chi connectivity index (χ0) is 12.6. The van der Waals surface area contributed by atoms with Gasteiger partial charge in [-0.05, 0) is 0 Å². The molecule has 3 N–H and O–H groups in total. The number of hydrogen-bond donors (Lipinski definition) is 3. The van der Waals surface area contributed by atoms with Gasteiger partial charge in [-0.2, -0.15) is 0 Å². The van der Waals surface area contributed by atoms with E-state index in [2.05, 4.69) is 15.4 Å². The monoisotopic (exact) mass is 232 g/mol. The van der Waals surface area contributed by atoms with E-state index < -0.39 is 24.5 Å². The third kappa shape index (κ3) is 5.97. The van der Waals surface area contributed by atoms with Crippen LogP contribution in [-0.4, -0.2) is 49.2 Å². The number of esters is 1. The van der Waals surface area contributed by atoms with Gasteiger partial charge in [0.1, 0.15) is 0 Å². The Hall–Kier alpha value is -1.63. The molecule has 0 aromatic heterocycles. The van der Waals surface area contributed by atoms with E-state index in [-0.39, 0.29) is 18.9 Å². The maximum absolute atomic E-state index is 11.2. The number of carbonyl (C=O) groups excluding carboxylic acids is 3. The summed E-state index contributed by atoms with van der Waals surface area (Å²) in [4.78, 5) is 32.7. The minimum absolute atomic E-state index is 0.0348. The van der Waals surface area contributed by atoms with Crippen LogP contribution in [0.25, 0.3) is 0 Å². The Morgan fingerprint density at radius 2 is 2.00 bits per heavy atom. The van der Waals surface area contributed by atoms with Crippen molar-refractivity contribution < 1.29 is 24.2 Å². The maximum atomic E-state index is 11.2. The van der Waals surface area contributed by atoms with Gasteiger partial charge in [0.15, 0.2) is 6.04 Å². The van der Waals surface area contributed by atoms with Gasteiger partial charge in [-0.1, -0.05) is 0 Å². The molecular formula is C9H16N2O5. The summed E-state index contributed by atoms with van der Waals surface area (Å²) < 4.78 is 4.36. The number of carbonyl (C=O) groups is 3. The first-order valence-electron chi connectivity index (χ1n) is 4.73. The number of amides is 2. The number of ether oxygens (including phenoxy) is 1. The highest BCUT2D eigenvalue weighted by Gasteiger charge is 2.19. The summed E-state index contributed by atoms with van der Waals surface area (Å²) in [6, 6.07) is -1.06. The molecule has 0 aromatic carbocycles. The van der Waals surface area contributed by atoms with Crippen molar-refractivity contribution in [3.8, 4) is 0 Å². The van der Waals surface area contributed by atoms with Crippen LogP contribution in [0.3, 0.4) is 0 Å². The molecule has 0 heterocycles. The molecule has 7 nitrogen and oxygen atoms in total. The number of aliphatic hydroxyl groups is 1. The lowest BCUT2D eigenvalue weighted by atomic mass is 10.3. The third-order valence-corrected chi connectivity index (χ3v) is 1.73. The minimum Gasteiger partial charge on any atom is -0.467 e. The average Bonchev–Trinajstić information content (AvgIpc) is 2.24. The fraction of sp³-hybridized carbons (Fsp3) is 0.667. The van der Waals surface area contributed by atoms with Crippen molar-refractivity contribution in [1.29, 1.82) is 0 Å². The summed E-state index contributed by atoms with van der Waals surface area (Å²) >= 11 is 0. The number of aliphatic hydroxyl groups excluding tert-OH is 1. The molecule has 0 fully saturated rings. The highest BCUT2D eigenvalue weighted by atomic mass is 16.5. The average molecular weight is 232 g/mol. The minimum atomic E-state index is -1.06. The molecule has 1 unspecified atom stereocenters. The van der Waals surface area contributed by atoms with E-state index in [9.17, 15) is 14.4 Å².